The number of ether oxygens (including phenoxy) is 1. The SMILES string of the molecule is COc1c(-c2ccc(C#N)cc2)nn(C)c1N1C(=O)c2ccccc2C1=O. The van der Waals surface area contributed by atoms with Gasteiger partial charge in [-0.2, -0.15) is 10.4 Å². The minimum absolute atomic E-state index is 0.267. The Hall–Kier alpha value is -3.92. The molecule has 7 heteroatoms. The van der Waals surface area contributed by atoms with Crippen molar-refractivity contribution < 1.29 is 14.3 Å². The first-order chi connectivity index (χ1) is 13.1. The van der Waals surface area contributed by atoms with Gasteiger partial charge in [0.1, 0.15) is 5.69 Å². The molecule has 7 nitrogen and oxygen atoms in total. The predicted octanol–water partition coefficient (Wildman–Crippen LogP) is 2.77. The molecule has 0 unspecified atom stereocenters. The predicted molar refractivity (Wildman–Crippen MR) is 97.5 cm³/mol. The smallest absolute Gasteiger partial charge is 0.267 e. The van der Waals surface area contributed by atoms with Gasteiger partial charge in [0.15, 0.2) is 11.6 Å². The molecule has 1 aliphatic rings. The molecule has 2 amide bonds. The average molecular weight is 358 g/mol. The Morgan fingerprint density at radius 1 is 1.00 bits per heavy atom. The lowest BCUT2D eigenvalue weighted by Gasteiger charge is -2.15. The van der Waals surface area contributed by atoms with E-state index in [1.54, 1.807) is 55.6 Å². The third-order valence-corrected chi connectivity index (χ3v) is 4.47. The first kappa shape index (κ1) is 16.5. The molecule has 1 aromatic heterocycles. The van der Waals surface area contributed by atoms with Crippen LogP contribution in [-0.2, 0) is 7.05 Å². The molecule has 0 atom stereocenters. The van der Waals surface area contributed by atoms with Crippen LogP contribution < -0.4 is 9.64 Å². The normalized spacial score (nSPS) is 12.9. The highest BCUT2D eigenvalue weighted by Gasteiger charge is 2.40. The third-order valence-electron chi connectivity index (χ3n) is 4.47. The van der Waals surface area contributed by atoms with Gasteiger partial charge in [-0.05, 0) is 24.3 Å². The Morgan fingerprint density at radius 2 is 1.59 bits per heavy atom. The molecule has 0 aliphatic carbocycles. The molecule has 132 valence electrons. The molecule has 0 spiro atoms. The maximum atomic E-state index is 12.8. The van der Waals surface area contributed by atoms with Gasteiger partial charge in [0, 0.05) is 12.6 Å². The van der Waals surface area contributed by atoms with Crippen LogP contribution in [0, 0.1) is 11.3 Å². The molecule has 0 bridgehead atoms. The van der Waals surface area contributed by atoms with Gasteiger partial charge in [0.05, 0.1) is 29.9 Å². The molecular weight excluding hydrogens is 344 g/mol. The van der Waals surface area contributed by atoms with Crippen molar-refractivity contribution in [2.45, 2.75) is 0 Å². The summed E-state index contributed by atoms with van der Waals surface area (Å²) >= 11 is 0. The van der Waals surface area contributed by atoms with E-state index in [4.69, 9.17) is 10.00 Å². The van der Waals surface area contributed by atoms with Gasteiger partial charge in [0.25, 0.3) is 11.8 Å². The van der Waals surface area contributed by atoms with Gasteiger partial charge in [-0.3, -0.25) is 9.59 Å². The number of nitrogens with zero attached hydrogens (tertiary/aromatic N) is 4. The fourth-order valence-electron chi connectivity index (χ4n) is 3.20. The van der Waals surface area contributed by atoms with Crippen LogP contribution in [-0.4, -0.2) is 28.7 Å². The number of hydrogen-bond donors (Lipinski definition) is 0. The number of carbonyl (C=O) groups is 2. The van der Waals surface area contributed by atoms with E-state index in [1.807, 2.05) is 0 Å². The lowest BCUT2D eigenvalue weighted by Crippen LogP contribution is -2.31. The fraction of sp³-hybridized carbons (Fsp3) is 0.100. The molecule has 0 saturated heterocycles. The molecule has 1 aliphatic heterocycles. The summed E-state index contributed by atoms with van der Waals surface area (Å²) in [6, 6.07) is 15.6. The van der Waals surface area contributed by atoms with Crippen LogP contribution in [0.3, 0.4) is 0 Å². The van der Waals surface area contributed by atoms with Crippen molar-refractivity contribution in [3.63, 3.8) is 0 Å². The highest BCUT2D eigenvalue weighted by molar-refractivity contribution is 6.34. The van der Waals surface area contributed by atoms with Crippen molar-refractivity contribution >= 4 is 17.6 Å². The monoisotopic (exact) mass is 358 g/mol. The molecular formula is C20H14N4O3. The molecule has 2 aromatic carbocycles. The number of imide groups is 1. The van der Waals surface area contributed by atoms with Gasteiger partial charge < -0.3 is 4.74 Å². The number of benzene rings is 2. The van der Waals surface area contributed by atoms with E-state index in [0.29, 0.717) is 33.7 Å². The zero-order chi connectivity index (χ0) is 19.1. The van der Waals surface area contributed by atoms with Crippen LogP contribution >= 0.6 is 0 Å². The topological polar surface area (TPSA) is 88.2 Å². The van der Waals surface area contributed by atoms with Crippen molar-refractivity contribution in [3.8, 4) is 23.1 Å². The summed E-state index contributed by atoms with van der Waals surface area (Å²) in [5.41, 5.74) is 2.42. The zero-order valence-electron chi connectivity index (χ0n) is 14.6. The van der Waals surface area contributed by atoms with Crippen LogP contribution in [0.4, 0.5) is 5.82 Å². The summed E-state index contributed by atoms with van der Waals surface area (Å²) in [5, 5.41) is 13.4. The van der Waals surface area contributed by atoms with E-state index in [1.165, 1.54) is 11.8 Å². The number of carbonyl (C=O) groups excluding carboxylic acids is 2. The summed E-state index contributed by atoms with van der Waals surface area (Å²) < 4.78 is 6.97. The van der Waals surface area contributed by atoms with E-state index in [-0.39, 0.29) is 5.82 Å². The zero-order valence-corrected chi connectivity index (χ0v) is 14.6. The molecule has 0 fully saturated rings. The maximum Gasteiger partial charge on any atom is 0.267 e. The molecule has 27 heavy (non-hydrogen) atoms. The number of rotatable bonds is 3. The van der Waals surface area contributed by atoms with Crippen molar-refractivity contribution in [2.24, 2.45) is 7.05 Å². The van der Waals surface area contributed by atoms with Crippen LogP contribution in [0.1, 0.15) is 26.3 Å². The molecule has 0 radical (unpaired) electrons. The second-order valence-electron chi connectivity index (χ2n) is 6.01. The standard InChI is InChI=1S/C20H14N4O3/c1-23-18(24-19(25)14-5-3-4-6-15(14)20(24)26)17(27-2)16(22-23)13-9-7-12(11-21)8-10-13/h3-10H,1-2H3. The second-order valence-corrected chi connectivity index (χ2v) is 6.01. The first-order valence-electron chi connectivity index (χ1n) is 8.16. The molecule has 0 N–H and O–H groups in total. The molecule has 2 heterocycles. The van der Waals surface area contributed by atoms with E-state index < -0.39 is 11.8 Å². The lowest BCUT2D eigenvalue weighted by molar-refractivity contribution is 0.0922. The van der Waals surface area contributed by atoms with Crippen LogP contribution in [0.15, 0.2) is 48.5 Å². The van der Waals surface area contributed by atoms with Gasteiger partial charge in [-0.15, -0.1) is 0 Å². The van der Waals surface area contributed by atoms with Crippen LogP contribution in [0.25, 0.3) is 11.3 Å². The Bertz CT molecular complexity index is 1090. The van der Waals surface area contributed by atoms with Gasteiger partial charge in [0.2, 0.25) is 0 Å². The van der Waals surface area contributed by atoms with Gasteiger partial charge >= 0.3 is 0 Å². The third kappa shape index (κ3) is 2.39. The number of fused-ring (bicyclic) bond motifs is 1. The second kappa shape index (κ2) is 6.11. The summed E-state index contributed by atoms with van der Waals surface area (Å²) in [4.78, 5) is 26.7. The number of methoxy groups -OCH3 is 1. The number of nitriles is 1. The molecule has 0 saturated carbocycles. The van der Waals surface area contributed by atoms with Gasteiger partial charge in [-0.25, -0.2) is 9.58 Å². The molecule has 4 rings (SSSR count). The number of hydrogen-bond acceptors (Lipinski definition) is 5. The van der Waals surface area contributed by atoms with Crippen molar-refractivity contribution in [1.82, 2.24) is 9.78 Å². The Balaban J connectivity index is 1.86. The summed E-state index contributed by atoms with van der Waals surface area (Å²) in [6.07, 6.45) is 0. The number of amides is 2. The van der Waals surface area contributed by atoms with Gasteiger partial charge in [-0.1, -0.05) is 24.3 Å². The number of anilines is 1. The molecule has 3 aromatic rings. The highest BCUT2D eigenvalue weighted by atomic mass is 16.5. The summed E-state index contributed by atoms with van der Waals surface area (Å²) in [7, 11) is 3.11. The van der Waals surface area contributed by atoms with Crippen molar-refractivity contribution in [3.05, 3.63) is 65.2 Å². The quantitative estimate of drug-likeness (QED) is 0.672. The Kier molecular flexibility index (Phi) is 3.74. The average Bonchev–Trinajstić information content (AvgIpc) is 3.16. The highest BCUT2D eigenvalue weighted by Crippen LogP contribution is 2.40. The number of aryl methyl sites for hydroxylation is 1. The lowest BCUT2D eigenvalue weighted by atomic mass is 10.1. The first-order valence-corrected chi connectivity index (χ1v) is 8.16. The largest absolute Gasteiger partial charge is 0.491 e. The Labute approximate surface area is 155 Å². The van der Waals surface area contributed by atoms with E-state index in [2.05, 4.69) is 11.2 Å². The number of aromatic nitrogens is 2. The van der Waals surface area contributed by atoms with Crippen molar-refractivity contribution in [2.75, 3.05) is 12.0 Å². The fourth-order valence-corrected chi connectivity index (χ4v) is 3.20. The van der Waals surface area contributed by atoms with E-state index >= 15 is 0 Å². The van der Waals surface area contributed by atoms with Crippen LogP contribution in [0.2, 0.25) is 0 Å². The maximum absolute atomic E-state index is 12.8. The minimum Gasteiger partial charge on any atom is -0.491 e. The van der Waals surface area contributed by atoms with Crippen LogP contribution in [0.5, 0.6) is 5.75 Å². The minimum atomic E-state index is -0.414. The van der Waals surface area contributed by atoms with E-state index in [0.717, 1.165) is 4.90 Å². The summed E-state index contributed by atoms with van der Waals surface area (Å²) in [6.45, 7) is 0. The summed E-state index contributed by atoms with van der Waals surface area (Å²) in [5.74, 6) is -0.244. The Morgan fingerprint density at radius 3 is 2.11 bits per heavy atom. The van der Waals surface area contributed by atoms with Crippen molar-refractivity contribution in [1.29, 1.82) is 5.26 Å². The van der Waals surface area contributed by atoms with E-state index in [9.17, 15) is 9.59 Å².